The molecule has 2 rings (SSSR count). The molecular weight excluding hydrogens is 434 g/mol. The van der Waals surface area contributed by atoms with Gasteiger partial charge < -0.3 is 5.73 Å². The molecule has 2 N–H and O–H groups in total. The molecule has 0 amide bonds. The van der Waals surface area contributed by atoms with Gasteiger partial charge in [-0.25, -0.2) is 0 Å². The number of rotatable bonds is 2. The van der Waals surface area contributed by atoms with E-state index in [1.807, 2.05) is 6.07 Å². The second-order valence-electron chi connectivity index (χ2n) is 4.58. The number of benzene rings is 2. The van der Waals surface area contributed by atoms with Crippen molar-refractivity contribution in [1.29, 1.82) is 0 Å². The van der Waals surface area contributed by atoms with Crippen LogP contribution in [-0.2, 0) is 0 Å². The molecule has 1 unspecified atom stereocenters. The van der Waals surface area contributed by atoms with E-state index in [0.29, 0.717) is 0 Å². The highest BCUT2D eigenvalue weighted by Gasteiger charge is 2.17. The predicted octanol–water partition coefficient (Wildman–Crippen LogP) is 5.64. The Morgan fingerprint density at radius 1 is 0.895 bits per heavy atom. The molecule has 0 aromatic heterocycles. The van der Waals surface area contributed by atoms with Crippen LogP contribution in [0.4, 0.5) is 0 Å². The Labute approximate surface area is 139 Å². The maximum Gasteiger partial charge on any atom is 0.0574 e. The maximum absolute atomic E-state index is 6.42. The van der Waals surface area contributed by atoms with Crippen molar-refractivity contribution in [3.8, 4) is 0 Å². The fourth-order valence-corrected chi connectivity index (χ4v) is 3.55. The van der Waals surface area contributed by atoms with Crippen LogP contribution in [-0.4, -0.2) is 0 Å². The monoisotopic (exact) mass is 445 g/mol. The van der Waals surface area contributed by atoms with E-state index in [-0.39, 0.29) is 6.04 Å². The fraction of sp³-hybridized carbons (Fsp3) is 0.200. The Hall–Kier alpha value is -0.160. The summed E-state index contributed by atoms with van der Waals surface area (Å²) in [4.78, 5) is 0. The zero-order valence-corrected chi connectivity index (χ0v) is 15.4. The Balaban J connectivity index is 2.53. The minimum absolute atomic E-state index is 0.166. The lowest BCUT2D eigenvalue weighted by Gasteiger charge is -2.18. The van der Waals surface area contributed by atoms with E-state index in [9.17, 15) is 0 Å². The molecule has 2 aromatic rings. The van der Waals surface area contributed by atoms with Crippen molar-refractivity contribution < 1.29 is 0 Å². The Bertz CT molecular complexity index is 623. The van der Waals surface area contributed by atoms with Gasteiger partial charge in [-0.15, -0.1) is 0 Å². The topological polar surface area (TPSA) is 26.0 Å². The minimum Gasteiger partial charge on any atom is -0.320 e. The van der Waals surface area contributed by atoms with Crippen molar-refractivity contribution in [2.75, 3.05) is 0 Å². The van der Waals surface area contributed by atoms with Gasteiger partial charge in [0.05, 0.1) is 6.04 Å². The molecule has 0 aliphatic carbocycles. The number of halogens is 3. The number of hydrogen-bond donors (Lipinski definition) is 1. The summed E-state index contributed by atoms with van der Waals surface area (Å²) in [6, 6.07) is 10.2. The van der Waals surface area contributed by atoms with Crippen molar-refractivity contribution >= 4 is 47.8 Å². The molecule has 0 spiro atoms. The molecule has 0 saturated heterocycles. The van der Waals surface area contributed by atoms with Gasteiger partial charge in [-0.1, -0.05) is 66.0 Å². The molecule has 1 atom stereocenters. The third-order valence-electron chi connectivity index (χ3n) is 3.17. The summed E-state index contributed by atoms with van der Waals surface area (Å²) in [5, 5.41) is 0. The van der Waals surface area contributed by atoms with Gasteiger partial charge in [0.1, 0.15) is 0 Å². The Kier molecular flexibility index (Phi) is 4.88. The van der Waals surface area contributed by atoms with E-state index in [1.165, 1.54) is 11.1 Å². The SMILES string of the molecule is Cc1cc(Br)c(C(N)c2cccc(C)c2Br)cc1Br. The Morgan fingerprint density at radius 3 is 2.26 bits per heavy atom. The predicted molar refractivity (Wildman–Crippen MR) is 91.5 cm³/mol. The lowest BCUT2D eigenvalue weighted by molar-refractivity contribution is 0.856. The molecule has 0 heterocycles. The second kappa shape index (κ2) is 6.08. The molecule has 0 radical (unpaired) electrons. The van der Waals surface area contributed by atoms with E-state index in [2.05, 4.69) is 85.9 Å². The third-order valence-corrected chi connectivity index (χ3v) is 5.79. The highest BCUT2D eigenvalue weighted by molar-refractivity contribution is 9.11. The standard InChI is InChI=1S/C15H14Br3N/c1-8-4-3-5-10(14(8)18)15(19)11-7-12(16)9(2)6-13(11)17/h3-7,15H,19H2,1-2H3. The van der Waals surface area contributed by atoms with E-state index in [0.717, 1.165) is 24.5 Å². The van der Waals surface area contributed by atoms with Gasteiger partial charge in [0.25, 0.3) is 0 Å². The molecule has 0 aliphatic rings. The van der Waals surface area contributed by atoms with Crippen LogP contribution in [0.2, 0.25) is 0 Å². The number of aryl methyl sites for hydroxylation is 2. The van der Waals surface area contributed by atoms with Crippen molar-refractivity contribution in [2.24, 2.45) is 5.73 Å². The van der Waals surface area contributed by atoms with Crippen LogP contribution < -0.4 is 5.73 Å². The molecule has 0 aliphatic heterocycles. The summed E-state index contributed by atoms with van der Waals surface area (Å²) >= 11 is 10.8. The number of hydrogen-bond acceptors (Lipinski definition) is 1. The smallest absolute Gasteiger partial charge is 0.0574 e. The van der Waals surface area contributed by atoms with Gasteiger partial charge >= 0.3 is 0 Å². The van der Waals surface area contributed by atoms with E-state index in [1.54, 1.807) is 0 Å². The van der Waals surface area contributed by atoms with Gasteiger partial charge in [0.15, 0.2) is 0 Å². The molecule has 0 bridgehead atoms. The van der Waals surface area contributed by atoms with Crippen molar-refractivity contribution in [3.05, 3.63) is 66.0 Å². The van der Waals surface area contributed by atoms with Gasteiger partial charge in [-0.3, -0.25) is 0 Å². The van der Waals surface area contributed by atoms with Crippen molar-refractivity contribution in [3.63, 3.8) is 0 Å². The molecule has 100 valence electrons. The van der Waals surface area contributed by atoms with Crippen molar-refractivity contribution in [2.45, 2.75) is 19.9 Å². The summed E-state index contributed by atoms with van der Waals surface area (Å²) in [5.41, 5.74) is 11.0. The second-order valence-corrected chi connectivity index (χ2v) is 7.08. The summed E-state index contributed by atoms with van der Waals surface area (Å²) in [6.07, 6.45) is 0. The third kappa shape index (κ3) is 3.13. The molecule has 1 nitrogen and oxygen atoms in total. The minimum atomic E-state index is -0.166. The first kappa shape index (κ1) is 15.2. The average molecular weight is 448 g/mol. The van der Waals surface area contributed by atoms with Crippen LogP contribution in [0.15, 0.2) is 43.7 Å². The van der Waals surface area contributed by atoms with Gasteiger partial charge in [0.2, 0.25) is 0 Å². The first-order valence-corrected chi connectivity index (χ1v) is 8.26. The van der Waals surface area contributed by atoms with Crippen LogP contribution >= 0.6 is 47.8 Å². The van der Waals surface area contributed by atoms with Crippen LogP contribution in [0.3, 0.4) is 0 Å². The van der Waals surface area contributed by atoms with E-state index in [4.69, 9.17) is 5.73 Å². The highest BCUT2D eigenvalue weighted by atomic mass is 79.9. The molecule has 0 saturated carbocycles. The summed E-state index contributed by atoms with van der Waals surface area (Å²) in [5.74, 6) is 0. The van der Waals surface area contributed by atoms with Gasteiger partial charge in [-0.05, 0) is 48.2 Å². The maximum atomic E-state index is 6.42. The zero-order chi connectivity index (χ0) is 14.2. The lowest BCUT2D eigenvalue weighted by atomic mass is 9.97. The quantitative estimate of drug-likeness (QED) is 0.633. The van der Waals surface area contributed by atoms with E-state index < -0.39 is 0 Å². The van der Waals surface area contributed by atoms with Crippen molar-refractivity contribution in [1.82, 2.24) is 0 Å². The molecule has 0 fully saturated rings. The largest absolute Gasteiger partial charge is 0.320 e. The summed E-state index contributed by atoms with van der Waals surface area (Å²) in [7, 11) is 0. The molecule has 4 heteroatoms. The zero-order valence-electron chi connectivity index (χ0n) is 10.7. The summed E-state index contributed by atoms with van der Waals surface area (Å²) in [6.45, 7) is 4.13. The first-order chi connectivity index (χ1) is 8.91. The first-order valence-electron chi connectivity index (χ1n) is 5.88. The molecule has 19 heavy (non-hydrogen) atoms. The normalized spacial score (nSPS) is 12.5. The van der Waals surface area contributed by atoms with Crippen LogP contribution in [0.1, 0.15) is 28.3 Å². The van der Waals surface area contributed by atoms with Gasteiger partial charge in [-0.2, -0.15) is 0 Å². The summed E-state index contributed by atoms with van der Waals surface area (Å²) < 4.78 is 3.19. The lowest BCUT2D eigenvalue weighted by Crippen LogP contribution is -2.13. The molecule has 2 aromatic carbocycles. The highest BCUT2D eigenvalue weighted by Crippen LogP contribution is 2.35. The van der Waals surface area contributed by atoms with Gasteiger partial charge in [0, 0.05) is 13.4 Å². The average Bonchev–Trinajstić information content (AvgIpc) is 2.36. The van der Waals surface area contributed by atoms with Crippen LogP contribution in [0.5, 0.6) is 0 Å². The fourth-order valence-electron chi connectivity index (χ4n) is 1.98. The number of nitrogens with two attached hydrogens (primary N) is 1. The molecular formula is C15H14Br3N. The van der Waals surface area contributed by atoms with Crippen LogP contribution in [0.25, 0.3) is 0 Å². The van der Waals surface area contributed by atoms with Crippen LogP contribution in [0, 0.1) is 13.8 Å². The van der Waals surface area contributed by atoms with E-state index >= 15 is 0 Å². The Morgan fingerprint density at radius 2 is 1.58 bits per heavy atom.